The van der Waals surface area contributed by atoms with E-state index < -0.39 is 17.2 Å². The van der Waals surface area contributed by atoms with E-state index in [1.165, 1.54) is 0 Å². The zero-order valence-electron chi connectivity index (χ0n) is 20.1. The molecule has 1 fully saturated rings. The minimum absolute atomic E-state index is 0. The maximum Gasteiger partial charge on any atom is 0.408 e. The lowest BCUT2D eigenvalue weighted by Gasteiger charge is -2.37. The Morgan fingerprint density at radius 1 is 1.13 bits per heavy atom. The largest absolute Gasteiger partial charge is 0.444 e. The molecule has 1 saturated heterocycles. The van der Waals surface area contributed by atoms with Crippen LogP contribution >= 0.6 is 24.0 Å². The number of hydrogen-bond donors (Lipinski definition) is 3. The van der Waals surface area contributed by atoms with Crippen molar-refractivity contribution >= 4 is 36.0 Å². The van der Waals surface area contributed by atoms with Gasteiger partial charge in [-0.05, 0) is 47.5 Å². The van der Waals surface area contributed by atoms with E-state index >= 15 is 0 Å². The number of morpholine rings is 1. The Morgan fingerprint density at radius 3 is 2.23 bits per heavy atom. The van der Waals surface area contributed by atoms with Crippen molar-refractivity contribution in [2.24, 2.45) is 10.9 Å². The second-order valence-corrected chi connectivity index (χ2v) is 9.55. The number of amides is 1. The number of rotatable bonds is 8. The van der Waals surface area contributed by atoms with E-state index in [0.29, 0.717) is 18.5 Å². The van der Waals surface area contributed by atoms with Crippen LogP contribution in [0.2, 0.25) is 0 Å². The molecular weight excluding hydrogens is 497 g/mol. The molecule has 0 aromatic carbocycles. The topological polar surface area (TPSA) is 87.2 Å². The molecule has 1 aliphatic rings. The number of carbonyl (C=O) groups excluding carboxylic acids is 1. The lowest BCUT2D eigenvalue weighted by Crippen LogP contribution is -2.53. The maximum atomic E-state index is 12.1. The average Bonchev–Trinajstić information content (AvgIpc) is 2.58. The van der Waals surface area contributed by atoms with Crippen molar-refractivity contribution in [2.75, 3.05) is 45.9 Å². The second-order valence-electron chi connectivity index (χ2n) is 9.55. The molecule has 1 rings (SSSR count). The standard InChI is InChI=1S/C21H43N5O3.HI/c1-9-22-18(23-14-17(16(2)3)26-10-12-28-13-11-26)24-15-21(7,8)25-19(27)29-20(4,5)6;/h16-17H,9-15H2,1-8H3,(H,25,27)(H2,22,23,24);1H. The van der Waals surface area contributed by atoms with E-state index in [1.807, 2.05) is 41.5 Å². The molecule has 0 aromatic heterocycles. The SMILES string of the molecule is CCNC(=NCC(C)(C)NC(=O)OC(C)(C)C)NCC(C(C)C)N1CCOCC1.I. The molecule has 1 atom stereocenters. The van der Waals surface area contributed by atoms with E-state index in [-0.39, 0.29) is 24.0 Å². The average molecular weight is 542 g/mol. The molecule has 30 heavy (non-hydrogen) atoms. The van der Waals surface area contributed by atoms with Gasteiger partial charge in [-0.25, -0.2) is 4.79 Å². The van der Waals surface area contributed by atoms with Crippen LogP contribution in [0.4, 0.5) is 4.79 Å². The van der Waals surface area contributed by atoms with Gasteiger partial charge in [0.05, 0.1) is 25.3 Å². The predicted molar refractivity (Wildman–Crippen MR) is 134 cm³/mol. The molecule has 0 radical (unpaired) electrons. The highest BCUT2D eigenvalue weighted by atomic mass is 127. The van der Waals surface area contributed by atoms with Crippen molar-refractivity contribution in [2.45, 2.75) is 72.6 Å². The minimum Gasteiger partial charge on any atom is -0.444 e. The monoisotopic (exact) mass is 541 g/mol. The molecule has 1 aliphatic heterocycles. The fraction of sp³-hybridized carbons (Fsp3) is 0.905. The zero-order valence-corrected chi connectivity index (χ0v) is 22.5. The first-order chi connectivity index (χ1) is 13.4. The van der Waals surface area contributed by atoms with Crippen LogP contribution in [0.15, 0.2) is 4.99 Å². The Bertz CT molecular complexity index is 529. The van der Waals surface area contributed by atoms with E-state index in [9.17, 15) is 4.79 Å². The summed E-state index contributed by atoms with van der Waals surface area (Å²) in [4.78, 5) is 19.3. The van der Waals surface area contributed by atoms with Gasteiger partial charge in [-0.3, -0.25) is 9.89 Å². The molecule has 1 unspecified atom stereocenters. The fourth-order valence-corrected chi connectivity index (χ4v) is 3.13. The van der Waals surface area contributed by atoms with Gasteiger partial charge in [0.15, 0.2) is 5.96 Å². The van der Waals surface area contributed by atoms with Gasteiger partial charge in [0.25, 0.3) is 0 Å². The van der Waals surface area contributed by atoms with Crippen LogP contribution in [0.25, 0.3) is 0 Å². The van der Waals surface area contributed by atoms with Gasteiger partial charge in [0, 0.05) is 32.2 Å². The molecule has 0 spiro atoms. The summed E-state index contributed by atoms with van der Waals surface area (Å²) in [5.74, 6) is 1.28. The summed E-state index contributed by atoms with van der Waals surface area (Å²) in [7, 11) is 0. The van der Waals surface area contributed by atoms with Gasteiger partial charge in [0.1, 0.15) is 5.60 Å². The summed E-state index contributed by atoms with van der Waals surface area (Å²) in [6.45, 7) is 21.5. The van der Waals surface area contributed by atoms with Gasteiger partial charge in [-0.1, -0.05) is 13.8 Å². The van der Waals surface area contributed by atoms with Crippen molar-refractivity contribution in [3.8, 4) is 0 Å². The van der Waals surface area contributed by atoms with Crippen molar-refractivity contribution in [3.05, 3.63) is 0 Å². The van der Waals surface area contributed by atoms with Crippen LogP contribution in [-0.2, 0) is 9.47 Å². The molecule has 9 heteroatoms. The van der Waals surface area contributed by atoms with Gasteiger partial charge >= 0.3 is 6.09 Å². The lowest BCUT2D eigenvalue weighted by atomic mass is 10.0. The third kappa shape index (κ3) is 12.1. The lowest BCUT2D eigenvalue weighted by molar-refractivity contribution is 0.00751. The Morgan fingerprint density at radius 2 is 1.73 bits per heavy atom. The van der Waals surface area contributed by atoms with Crippen LogP contribution in [-0.4, -0.2) is 80.1 Å². The molecule has 3 N–H and O–H groups in total. The highest BCUT2D eigenvalue weighted by molar-refractivity contribution is 14.0. The van der Waals surface area contributed by atoms with E-state index in [0.717, 1.165) is 45.4 Å². The van der Waals surface area contributed by atoms with Crippen LogP contribution in [0.1, 0.15) is 55.4 Å². The molecule has 1 heterocycles. The third-order valence-corrected chi connectivity index (χ3v) is 4.58. The molecule has 1 amide bonds. The van der Waals surface area contributed by atoms with Crippen molar-refractivity contribution < 1.29 is 14.3 Å². The van der Waals surface area contributed by atoms with Crippen LogP contribution in [0.5, 0.6) is 0 Å². The second kappa shape index (κ2) is 13.6. The van der Waals surface area contributed by atoms with Crippen molar-refractivity contribution in [3.63, 3.8) is 0 Å². The number of aliphatic imine (C=N–C) groups is 1. The first kappa shape index (κ1) is 29.2. The van der Waals surface area contributed by atoms with Crippen molar-refractivity contribution in [1.82, 2.24) is 20.9 Å². The number of guanidine groups is 1. The number of nitrogens with one attached hydrogen (secondary N) is 3. The Balaban J connectivity index is 0.00000841. The number of nitrogens with zero attached hydrogens (tertiary/aromatic N) is 2. The van der Waals surface area contributed by atoms with Crippen molar-refractivity contribution in [1.29, 1.82) is 0 Å². The molecule has 0 aromatic rings. The van der Waals surface area contributed by atoms with Crippen LogP contribution in [0, 0.1) is 5.92 Å². The van der Waals surface area contributed by atoms with Gasteiger partial charge < -0.3 is 25.4 Å². The molecule has 0 aliphatic carbocycles. The first-order valence-electron chi connectivity index (χ1n) is 10.8. The van der Waals surface area contributed by atoms with Gasteiger partial charge in [-0.2, -0.15) is 0 Å². The summed E-state index contributed by atoms with van der Waals surface area (Å²) in [5.41, 5.74) is -1.04. The summed E-state index contributed by atoms with van der Waals surface area (Å²) < 4.78 is 10.8. The molecule has 0 bridgehead atoms. The summed E-state index contributed by atoms with van der Waals surface area (Å²) >= 11 is 0. The number of carbonyl (C=O) groups is 1. The molecule has 8 nitrogen and oxygen atoms in total. The predicted octanol–water partition coefficient (Wildman–Crippen LogP) is 2.82. The normalized spacial score (nSPS) is 17.2. The number of alkyl carbamates (subject to hydrolysis) is 1. The summed E-state index contributed by atoms with van der Waals surface area (Å²) in [6.07, 6.45) is -0.428. The maximum absolute atomic E-state index is 12.1. The number of halogens is 1. The molecular formula is C21H44IN5O3. The fourth-order valence-electron chi connectivity index (χ4n) is 3.13. The van der Waals surface area contributed by atoms with Crippen LogP contribution < -0.4 is 16.0 Å². The summed E-state index contributed by atoms with van der Waals surface area (Å²) in [6, 6.07) is 0.413. The highest BCUT2D eigenvalue weighted by Gasteiger charge is 2.26. The number of ether oxygens (including phenoxy) is 2. The number of hydrogen-bond acceptors (Lipinski definition) is 5. The van der Waals surface area contributed by atoms with E-state index in [4.69, 9.17) is 14.5 Å². The minimum atomic E-state index is -0.523. The van der Waals surface area contributed by atoms with Gasteiger partial charge in [0.2, 0.25) is 0 Å². The summed E-state index contributed by atoms with van der Waals surface area (Å²) in [5, 5.41) is 9.67. The molecule has 0 saturated carbocycles. The highest BCUT2D eigenvalue weighted by Crippen LogP contribution is 2.12. The van der Waals surface area contributed by atoms with E-state index in [2.05, 4.69) is 34.7 Å². The van der Waals surface area contributed by atoms with Crippen LogP contribution in [0.3, 0.4) is 0 Å². The zero-order chi connectivity index (χ0) is 22.1. The Kier molecular flexibility index (Phi) is 13.2. The Hall–Kier alpha value is -0.810. The van der Waals surface area contributed by atoms with E-state index in [1.54, 1.807) is 0 Å². The first-order valence-corrected chi connectivity index (χ1v) is 10.8. The smallest absolute Gasteiger partial charge is 0.408 e. The quantitative estimate of drug-likeness (QED) is 0.249. The Labute approximate surface area is 200 Å². The molecule has 178 valence electrons. The van der Waals surface area contributed by atoms with Gasteiger partial charge in [-0.15, -0.1) is 24.0 Å². The third-order valence-electron chi connectivity index (χ3n) is 4.58.